The number of hydrogen-bond donors (Lipinski definition) is 8. The molecule has 0 saturated carbocycles. The van der Waals surface area contributed by atoms with Gasteiger partial charge in [0.25, 0.3) is 0 Å². The van der Waals surface area contributed by atoms with Gasteiger partial charge >= 0.3 is 5.97 Å². The third-order valence-corrected chi connectivity index (χ3v) is 3.94. The SMILES string of the molecule is CC(O)N(O)CCCNC(=O)CC(O)(CC(=O)NCCCN(O)C(C)O)C(=O)O. The van der Waals surface area contributed by atoms with Crippen molar-refractivity contribution in [1.82, 2.24) is 20.8 Å². The summed E-state index contributed by atoms with van der Waals surface area (Å²) in [5.74, 6) is -3.32. The van der Waals surface area contributed by atoms with Crippen LogP contribution in [0.5, 0.6) is 0 Å². The molecular formula is C16H32N4O9. The molecule has 2 amide bonds. The van der Waals surface area contributed by atoms with E-state index in [-0.39, 0.29) is 39.0 Å². The van der Waals surface area contributed by atoms with E-state index in [2.05, 4.69) is 10.6 Å². The van der Waals surface area contributed by atoms with E-state index >= 15 is 0 Å². The van der Waals surface area contributed by atoms with Gasteiger partial charge in [-0.15, -0.1) is 0 Å². The molecule has 0 fully saturated rings. The highest BCUT2D eigenvalue weighted by Crippen LogP contribution is 2.16. The van der Waals surface area contributed by atoms with Gasteiger partial charge in [-0.05, 0) is 26.7 Å². The first-order valence-corrected chi connectivity index (χ1v) is 9.15. The maximum Gasteiger partial charge on any atom is 0.336 e. The molecule has 0 heterocycles. The fourth-order valence-corrected chi connectivity index (χ4v) is 2.18. The van der Waals surface area contributed by atoms with Gasteiger partial charge < -0.3 is 41.5 Å². The number of carboxylic acids is 1. The predicted octanol–water partition coefficient (Wildman–Crippen LogP) is -2.35. The third kappa shape index (κ3) is 11.7. The van der Waals surface area contributed by atoms with Gasteiger partial charge in [0.05, 0.1) is 12.8 Å². The molecule has 0 aliphatic carbocycles. The van der Waals surface area contributed by atoms with Crippen LogP contribution in [0.4, 0.5) is 0 Å². The fourth-order valence-electron chi connectivity index (χ4n) is 2.18. The monoisotopic (exact) mass is 424 g/mol. The first-order chi connectivity index (χ1) is 13.4. The van der Waals surface area contributed by atoms with Crippen LogP contribution < -0.4 is 10.6 Å². The molecule has 29 heavy (non-hydrogen) atoms. The molecule has 2 atom stereocenters. The molecule has 13 nitrogen and oxygen atoms in total. The van der Waals surface area contributed by atoms with E-state index in [1.807, 2.05) is 0 Å². The van der Waals surface area contributed by atoms with Gasteiger partial charge in [-0.1, -0.05) is 0 Å². The molecule has 8 N–H and O–H groups in total. The van der Waals surface area contributed by atoms with E-state index in [9.17, 15) is 35.0 Å². The van der Waals surface area contributed by atoms with E-state index in [4.69, 9.17) is 10.2 Å². The van der Waals surface area contributed by atoms with Gasteiger partial charge in [-0.3, -0.25) is 9.59 Å². The van der Waals surface area contributed by atoms with Crippen molar-refractivity contribution < 1.29 is 45.2 Å². The maximum absolute atomic E-state index is 11.9. The van der Waals surface area contributed by atoms with Crippen molar-refractivity contribution in [3.8, 4) is 0 Å². The summed E-state index contributed by atoms with van der Waals surface area (Å²) in [6.45, 7) is 2.94. The van der Waals surface area contributed by atoms with Crippen molar-refractivity contribution in [1.29, 1.82) is 0 Å². The van der Waals surface area contributed by atoms with Crippen LogP contribution in [0.1, 0.15) is 39.5 Å². The molecular weight excluding hydrogens is 392 g/mol. The Hall–Kier alpha value is -1.87. The van der Waals surface area contributed by atoms with E-state index in [0.717, 1.165) is 0 Å². The van der Waals surface area contributed by atoms with Gasteiger partial charge in [0.1, 0.15) is 12.5 Å². The number of carbonyl (C=O) groups excluding carboxylic acids is 2. The minimum absolute atomic E-state index is 0.0594. The summed E-state index contributed by atoms with van der Waals surface area (Å²) < 4.78 is 0. The van der Waals surface area contributed by atoms with Gasteiger partial charge in [0.15, 0.2) is 5.60 Å². The van der Waals surface area contributed by atoms with Crippen molar-refractivity contribution in [2.75, 3.05) is 26.2 Å². The number of nitrogens with zero attached hydrogens (tertiary/aromatic N) is 2. The minimum atomic E-state index is -2.60. The molecule has 0 aromatic carbocycles. The Morgan fingerprint density at radius 3 is 1.48 bits per heavy atom. The normalized spacial score (nSPS) is 15.6. The highest BCUT2D eigenvalue weighted by molar-refractivity contribution is 5.91. The summed E-state index contributed by atoms with van der Waals surface area (Å²) in [7, 11) is 0. The number of nitrogens with one attached hydrogen (secondary N) is 2. The Labute approximate surface area is 168 Å². The molecule has 0 saturated heterocycles. The fraction of sp³-hybridized carbons (Fsp3) is 0.812. The lowest BCUT2D eigenvalue weighted by Gasteiger charge is -2.23. The number of hydrogen-bond acceptors (Lipinski definition) is 10. The lowest BCUT2D eigenvalue weighted by atomic mass is 9.94. The standard InChI is InChI=1S/C16H32N4O9/c1-11(21)19(28)7-3-5-17-13(23)9-16(27,15(25)26)10-14(24)18-6-4-8-20(29)12(2)22/h11-12,21-22,27-29H,3-10H2,1-2H3,(H,17,23)(H,18,24)(H,25,26). The summed E-state index contributed by atoms with van der Waals surface area (Å²) in [5.41, 5.74) is -2.60. The number of carboxylic acid groups (broad SMARTS) is 1. The van der Waals surface area contributed by atoms with Crippen LogP contribution in [0, 0.1) is 0 Å². The molecule has 13 heteroatoms. The van der Waals surface area contributed by atoms with Gasteiger partial charge in [-0.2, -0.15) is 10.1 Å². The summed E-state index contributed by atoms with van der Waals surface area (Å²) >= 11 is 0. The van der Waals surface area contributed by atoms with Crippen LogP contribution in [0.3, 0.4) is 0 Å². The first kappa shape index (κ1) is 27.1. The lowest BCUT2D eigenvalue weighted by Crippen LogP contribution is -2.47. The Morgan fingerprint density at radius 1 is 0.862 bits per heavy atom. The lowest BCUT2D eigenvalue weighted by molar-refractivity contribution is -0.188. The number of carbonyl (C=O) groups is 3. The zero-order valence-electron chi connectivity index (χ0n) is 16.6. The molecule has 2 unspecified atom stereocenters. The number of aliphatic hydroxyl groups excluding tert-OH is 2. The summed E-state index contributed by atoms with van der Waals surface area (Å²) in [5, 5.41) is 62.1. The average Bonchev–Trinajstić information content (AvgIpc) is 2.61. The highest BCUT2D eigenvalue weighted by atomic mass is 16.5. The molecule has 0 aliphatic rings. The molecule has 0 radical (unpaired) electrons. The molecule has 0 aliphatic heterocycles. The minimum Gasteiger partial charge on any atom is -0.479 e. The molecule has 0 aromatic rings. The Balaban J connectivity index is 4.38. The molecule has 170 valence electrons. The average molecular weight is 424 g/mol. The molecule has 0 bridgehead atoms. The van der Waals surface area contributed by atoms with E-state index in [1.54, 1.807) is 0 Å². The topological polar surface area (TPSA) is 203 Å². The van der Waals surface area contributed by atoms with Crippen molar-refractivity contribution in [2.24, 2.45) is 0 Å². The largest absolute Gasteiger partial charge is 0.479 e. The summed E-state index contributed by atoms with van der Waals surface area (Å²) in [6, 6.07) is 0. The van der Waals surface area contributed by atoms with Crippen LogP contribution in [0.25, 0.3) is 0 Å². The van der Waals surface area contributed by atoms with Gasteiger partial charge in [0.2, 0.25) is 11.8 Å². The third-order valence-electron chi connectivity index (χ3n) is 3.94. The second-order valence-electron chi connectivity index (χ2n) is 6.69. The molecule has 0 rings (SSSR count). The van der Waals surface area contributed by atoms with Crippen molar-refractivity contribution in [3.05, 3.63) is 0 Å². The van der Waals surface area contributed by atoms with Crippen LogP contribution in [0.15, 0.2) is 0 Å². The summed E-state index contributed by atoms with van der Waals surface area (Å²) in [6.07, 6.45) is -3.33. The van der Waals surface area contributed by atoms with Crippen molar-refractivity contribution >= 4 is 17.8 Å². The number of hydroxylamine groups is 4. The Bertz CT molecular complexity index is 495. The van der Waals surface area contributed by atoms with Crippen LogP contribution in [-0.4, -0.2) is 103 Å². The number of amides is 2. The molecule has 0 spiro atoms. The number of rotatable bonds is 15. The van der Waals surface area contributed by atoms with Crippen molar-refractivity contribution in [3.63, 3.8) is 0 Å². The highest BCUT2D eigenvalue weighted by Gasteiger charge is 2.40. The zero-order chi connectivity index (χ0) is 22.6. The number of aliphatic hydroxyl groups is 3. The Kier molecular flexibility index (Phi) is 12.5. The van der Waals surface area contributed by atoms with Crippen LogP contribution in [0.2, 0.25) is 0 Å². The van der Waals surface area contributed by atoms with E-state index in [1.165, 1.54) is 13.8 Å². The smallest absolute Gasteiger partial charge is 0.336 e. The van der Waals surface area contributed by atoms with Crippen molar-refractivity contribution in [2.45, 2.75) is 57.6 Å². The second kappa shape index (κ2) is 13.4. The predicted molar refractivity (Wildman–Crippen MR) is 97.4 cm³/mol. The number of aliphatic carboxylic acids is 1. The molecule has 0 aromatic heterocycles. The van der Waals surface area contributed by atoms with Crippen LogP contribution >= 0.6 is 0 Å². The second-order valence-corrected chi connectivity index (χ2v) is 6.69. The quantitative estimate of drug-likeness (QED) is 0.0794. The first-order valence-electron chi connectivity index (χ1n) is 9.15. The van der Waals surface area contributed by atoms with E-state index in [0.29, 0.717) is 10.1 Å². The Morgan fingerprint density at radius 2 is 1.21 bits per heavy atom. The zero-order valence-corrected chi connectivity index (χ0v) is 16.6. The van der Waals surface area contributed by atoms with Gasteiger partial charge in [-0.25, -0.2) is 4.79 Å². The van der Waals surface area contributed by atoms with Crippen LogP contribution in [-0.2, 0) is 14.4 Å². The summed E-state index contributed by atoms with van der Waals surface area (Å²) in [4.78, 5) is 35.1. The van der Waals surface area contributed by atoms with Gasteiger partial charge in [0, 0.05) is 26.2 Å². The maximum atomic E-state index is 11.9. The van der Waals surface area contributed by atoms with E-state index < -0.39 is 48.7 Å².